The van der Waals surface area contributed by atoms with Gasteiger partial charge in [-0.3, -0.25) is 0 Å². The summed E-state index contributed by atoms with van der Waals surface area (Å²) >= 11 is 0. The Morgan fingerprint density at radius 3 is 2.44 bits per heavy atom. The highest BCUT2D eigenvalue weighted by molar-refractivity contribution is 5.54. The molecular weight excluding hydrogens is 318 g/mol. The second-order valence-electron chi connectivity index (χ2n) is 6.94. The van der Waals surface area contributed by atoms with Gasteiger partial charge >= 0.3 is 0 Å². The Labute approximate surface area is 148 Å². The van der Waals surface area contributed by atoms with Gasteiger partial charge in [-0.15, -0.1) is 0 Å². The molecule has 0 fully saturated rings. The van der Waals surface area contributed by atoms with E-state index in [2.05, 4.69) is 38.2 Å². The van der Waals surface area contributed by atoms with Crippen LogP contribution in [-0.2, 0) is 6.42 Å². The lowest BCUT2D eigenvalue weighted by atomic mass is 9.92. The average molecular weight is 345 g/mol. The number of β-amino-alcohol motifs (C(OH)–C–C–N with tert-alkyl or cyclic N) is 1. The van der Waals surface area contributed by atoms with Crippen molar-refractivity contribution < 1.29 is 20.1 Å². The summed E-state index contributed by atoms with van der Waals surface area (Å²) in [6, 6.07) is 11.1. The molecule has 1 atom stereocenters. The molecule has 1 unspecified atom stereocenters. The van der Waals surface area contributed by atoms with Crippen LogP contribution in [0.25, 0.3) is 0 Å². The minimum Gasteiger partial charge on any atom is -0.504 e. The van der Waals surface area contributed by atoms with Gasteiger partial charge in [0.2, 0.25) is 5.75 Å². The number of methoxy groups -OCH3 is 1. The van der Waals surface area contributed by atoms with Crippen LogP contribution in [0.5, 0.6) is 17.2 Å². The highest BCUT2D eigenvalue weighted by atomic mass is 16.5. The lowest BCUT2D eigenvalue weighted by Crippen LogP contribution is -2.43. The van der Waals surface area contributed by atoms with E-state index >= 15 is 0 Å². The molecule has 0 amide bonds. The molecule has 0 bridgehead atoms. The molecule has 0 aliphatic rings. The molecule has 0 saturated carbocycles. The fourth-order valence-corrected chi connectivity index (χ4v) is 2.88. The van der Waals surface area contributed by atoms with Crippen molar-refractivity contribution >= 4 is 0 Å². The maximum atomic E-state index is 10.5. The Balaban J connectivity index is 2.07. The summed E-state index contributed by atoms with van der Waals surface area (Å²) < 4.78 is 5.12. The zero-order chi connectivity index (χ0) is 18.6. The van der Waals surface area contributed by atoms with E-state index in [4.69, 9.17) is 4.74 Å². The molecule has 0 aliphatic heterocycles. The number of benzene rings is 2. The van der Waals surface area contributed by atoms with E-state index in [0.717, 1.165) is 6.42 Å². The maximum Gasteiger partial charge on any atom is 0.200 e. The number of aryl methyl sites for hydroxylation is 1. The van der Waals surface area contributed by atoms with Gasteiger partial charge in [-0.2, -0.15) is 0 Å². The van der Waals surface area contributed by atoms with Crippen LogP contribution in [0.1, 0.15) is 36.6 Å². The highest BCUT2D eigenvalue weighted by Crippen LogP contribution is 2.40. The van der Waals surface area contributed by atoms with Crippen LogP contribution in [-0.4, -0.2) is 34.5 Å². The number of phenolic OH excluding ortho intramolecular Hbond substituents is 2. The summed E-state index contributed by atoms with van der Waals surface area (Å²) in [5, 5.41) is 33.3. The molecule has 25 heavy (non-hydrogen) atoms. The Kier molecular flexibility index (Phi) is 5.93. The third-order valence-corrected chi connectivity index (χ3v) is 4.37. The first-order valence-corrected chi connectivity index (χ1v) is 8.31. The molecule has 2 rings (SSSR count). The van der Waals surface area contributed by atoms with Crippen molar-refractivity contribution in [2.45, 2.75) is 38.8 Å². The van der Waals surface area contributed by atoms with E-state index in [1.807, 2.05) is 12.1 Å². The molecule has 136 valence electrons. The van der Waals surface area contributed by atoms with Gasteiger partial charge in [0.05, 0.1) is 13.2 Å². The van der Waals surface area contributed by atoms with Crippen LogP contribution in [0.2, 0.25) is 0 Å². The molecule has 0 saturated heterocycles. The van der Waals surface area contributed by atoms with Crippen LogP contribution in [0.4, 0.5) is 0 Å². The van der Waals surface area contributed by atoms with Gasteiger partial charge in [0.15, 0.2) is 11.5 Å². The molecule has 0 aromatic heterocycles. The van der Waals surface area contributed by atoms with Crippen LogP contribution >= 0.6 is 0 Å². The predicted molar refractivity (Wildman–Crippen MR) is 98.2 cm³/mol. The van der Waals surface area contributed by atoms with Crippen molar-refractivity contribution in [1.82, 2.24) is 5.32 Å². The minimum absolute atomic E-state index is 0.0889. The SMILES string of the molecule is COc1c(C(O)CNC(C)(C)Cc2ccccc2C)ccc(O)c1O. The van der Waals surface area contributed by atoms with Crippen LogP contribution in [0.3, 0.4) is 0 Å². The highest BCUT2D eigenvalue weighted by Gasteiger charge is 2.23. The Morgan fingerprint density at radius 1 is 1.12 bits per heavy atom. The van der Waals surface area contributed by atoms with Crippen molar-refractivity contribution in [2.24, 2.45) is 0 Å². The first-order chi connectivity index (χ1) is 11.7. The number of aliphatic hydroxyl groups excluding tert-OH is 1. The van der Waals surface area contributed by atoms with Gasteiger partial charge in [0.1, 0.15) is 0 Å². The number of phenols is 2. The predicted octanol–water partition coefficient (Wildman–Crippen LogP) is 3.06. The van der Waals surface area contributed by atoms with Crippen molar-refractivity contribution in [2.75, 3.05) is 13.7 Å². The normalized spacial score (nSPS) is 12.8. The molecule has 0 aliphatic carbocycles. The molecule has 2 aromatic carbocycles. The molecule has 2 aromatic rings. The van der Waals surface area contributed by atoms with Crippen molar-refractivity contribution in [1.29, 1.82) is 0 Å². The lowest BCUT2D eigenvalue weighted by Gasteiger charge is -2.29. The fraction of sp³-hybridized carbons (Fsp3) is 0.400. The van der Waals surface area contributed by atoms with Gasteiger partial charge in [0, 0.05) is 17.6 Å². The second kappa shape index (κ2) is 7.76. The van der Waals surface area contributed by atoms with Crippen molar-refractivity contribution in [3.63, 3.8) is 0 Å². The monoisotopic (exact) mass is 345 g/mol. The summed E-state index contributed by atoms with van der Waals surface area (Å²) in [6.45, 7) is 6.54. The quantitative estimate of drug-likeness (QED) is 0.580. The Hall–Kier alpha value is -2.24. The van der Waals surface area contributed by atoms with E-state index < -0.39 is 6.10 Å². The average Bonchev–Trinajstić information content (AvgIpc) is 2.57. The van der Waals surface area contributed by atoms with E-state index in [1.165, 1.54) is 24.3 Å². The van der Waals surface area contributed by atoms with E-state index in [-0.39, 0.29) is 22.8 Å². The number of nitrogens with one attached hydrogen (secondary N) is 1. The third-order valence-electron chi connectivity index (χ3n) is 4.37. The summed E-state index contributed by atoms with van der Waals surface area (Å²) in [5.41, 5.74) is 2.70. The second-order valence-corrected chi connectivity index (χ2v) is 6.94. The molecule has 0 spiro atoms. The first-order valence-electron chi connectivity index (χ1n) is 8.31. The van der Waals surface area contributed by atoms with Gasteiger partial charge < -0.3 is 25.4 Å². The summed E-state index contributed by atoms with van der Waals surface area (Å²) in [6.07, 6.45) is -0.0535. The number of hydrogen-bond acceptors (Lipinski definition) is 5. The first kappa shape index (κ1) is 19.1. The number of ether oxygens (including phenoxy) is 1. The number of aliphatic hydroxyl groups is 1. The molecule has 5 heteroatoms. The molecular formula is C20H27NO4. The van der Waals surface area contributed by atoms with Gasteiger partial charge in [0.25, 0.3) is 0 Å². The van der Waals surface area contributed by atoms with E-state index in [1.54, 1.807) is 6.07 Å². The number of hydrogen-bond donors (Lipinski definition) is 4. The smallest absolute Gasteiger partial charge is 0.200 e. The van der Waals surface area contributed by atoms with Crippen LogP contribution < -0.4 is 10.1 Å². The maximum absolute atomic E-state index is 10.5. The summed E-state index contributed by atoms with van der Waals surface area (Å²) in [7, 11) is 1.39. The molecule has 4 N–H and O–H groups in total. The largest absolute Gasteiger partial charge is 0.504 e. The summed E-state index contributed by atoms with van der Waals surface area (Å²) in [4.78, 5) is 0. The van der Waals surface area contributed by atoms with Crippen molar-refractivity contribution in [3.05, 3.63) is 53.1 Å². The topological polar surface area (TPSA) is 82.0 Å². The number of aromatic hydroxyl groups is 2. The zero-order valence-electron chi connectivity index (χ0n) is 15.2. The van der Waals surface area contributed by atoms with Gasteiger partial charge in [-0.05, 0) is 50.5 Å². The Bertz CT molecular complexity index is 728. The lowest BCUT2D eigenvalue weighted by molar-refractivity contribution is 0.156. The summed E-state index contributed by atoms with van der Waals surface area (Å²) in [5.74, 6) is -0.551. The zero-order valence-corrected chi connectivity index (χ0v) is 15.2. The van der Waals surface area contributed by atoms with Crippen LogP contribution in [0, 0.1) is 6.92 Å². The fourth-order valence-electron chi connectivity index (χ4n) is 2.88. The molecule has 0 heterocycles. The third kappa shape index (κ3) is 4.65. The Morgan fingerprint density at radius 2 is 1.80 bits per heavy atom. The van der Waals surface area contributed by atoms with Gasteiger partial charge in [-0.1, -0.05) is 24.3 Å². The van der Waals surface area contributed by atoms with Gasteiger partial charge in [-0.25, -0.2) is 0 Å². The molecule has 0 radical (unpaired) electrons. The number of rotatable bonds is 7. The van der Waals surface area contributed by atoms with E-state index in [9.17, 15) is 15.3 Å². The minimum atomic E-state index is -0.877. The van der Waals surface area contributed by atoms with E-state index in [0.29, 0.717) is 12.1 Å². The van der Waals surface area contributed by atoms with Crippen LogP contribution in [0.15, 0.2) is 36.4 Å². The standard InChI is InChI=1S/C20H27NO4/c1-13-7-5-6-8-14(13)11-20(2,3)21-12-17(23)15-9-10-16(22)18(24)19(15)25-4/h5-10,17,21-24H,11-12H2,1-4H3. The molecule has 5 nitrogen and oxygen atoms in total. The van der Waals surface area contributed by atoms with Crippen molar-refractivity contribution in [3.8, 4) is 17.2 Å².